The number of fused-ring (bicyclic) bond motifs is 1. The van der Waals surface area contributed by atoms with Gasteiger partial charge in [0.25, 0.3) is 0 Å². The summed E-state index contributed by atoms with van der Waals surface area (Å²) in [6, 6.07) is 14.8. The molecular weight excluding hydrogens is 276 g/mol. The highest BCUT2D eigenvalue weighted by atomic mass is 32.2. The lowest BCUT2D eigenvalue weighted by atomic mass is 10.3. The highest BCUT2D eigenvalue weighted by Gasteiger charge is 2.15. The Morgan fingerprint density at radius 2 is 1.90 bits per heavy atom. The Kier molecular flexibility index (Phi) is 3.78. The number of thioether (sulfide) groups is 1. The molecule has 0 bridgehead atoms. The van der Waals surface area contributed by atoms with E-state index in [-0.39, 0.29) is 18.5 Å². The van der Waals surface area contributed by atoms with Crippen LogP contribution >= 0.6 is 11.8 Å². The van der Waals surface area contributed by atoms with Crippen LogP contribution in [0.2, 0.25) is 0 Å². The summed E-state index contributed by atoms with van der Waals surface area (Å²) in [4.78, 5) is 12.8. The maximum Gasteiger partial charge on any atom is 0.321 e. The third kappa shape index (κ3) is 3.05. The third-order valence-electron chi connectivity index (χ3n) is 2.68. The maximum absolute atomic E-state index is 11.8. The van der Waals surface area contributed by atoms with Crippen LogP contribution in [0.3, 0.4) is 0 Å². The average molecular weight is 288 g/mol. The predicted molar refractivity (Wildman–Crippen MR) is 75.4 cm³/mol. The molecule has 0 spiro atoms. The Labute approximate surface area is 120 Å². The molecule has 20 heavy (non-hydrogen) atoms. The van der Waals surface area contributed by atoms with Crippen molar-refractivity contribution in [2.75, 3.05) is 12.5 Å². The molecule has 0 atom stereocenters. The summed E-state index contributed by atoms with van der Waals surface area (Å²) in [5.41, 5.74) is 0. The normalized spacial score (nSPS) is 12.2. The number of carbonyl (C=O) groups excluding carboxylic acids is 1. The van der Waals surface area contributed by atoms with Gasteiger partial charge in [0.05, 0.1) is 5.75 Å². The second kappa shape index (κ2) is 5.88. The minimum atomic E-state index is -0.294. The van der Waals surface area contributed by atoms with E-state index in [0.717, 1.165) is 4.90 Å². The molecule has 0 radical (unpaired) electrons. The van der Waals surface area contributed by atoms with Crippen molar-refractivity contribution in [3.8, 4) is 17.2 Å². The van der Waals surface area contributed by atoms with E-state index in [9.17, 15) is 4.79 Å². The van der Waals surface area contributed by atoms with Crippen LogP contribution in [0.1, 0.15) is 0 Å². The summed E-state index contributed by atoms with van der Waals surface area (Å²) in [5.74, 6) is 1.71. The lowest BCUT2D eigenvalue weighted by molar-refractivity contribution is -0.131. The number of hydrogen-bond acceptors (Lipinski definition) is 5. The van der Waals surface area contributed by atoms with Crippen molar-refractivity contribution in [3.63, 3.8) is 0 Å². The number of hydrogen-bond donors (Lipinski definition) is 0. The Bertz CT molecular complexity index is 613. The molecule has 1 heterocycles. The van der Waals surface area contributed by atoms with Gasteiger partial charge in [0, 0.05) is 11.0 Å². The summed E-state index contributed by atoms with van der Waals surface area (Å²) >= 11 is 1.44. The van der Waals surface area contributed by atoms with Gasteiger partial charge in [-0.2, -0.15) is 0 Å². The fourth-order valence-electron chi connectivity index (χ4n) is 1.76. The number of benzene rings is 2. The molecule has 1 aliphatic heterocycles. The first kappa shape index (κ1) is 12.9. The fraction of sp³-hybridized carbons (Fsp3) is 0.133. The standard InChI is InChI=1S/C15H12O4S/c16-15(9-20-12-4-2-1-3-5-12)19-11-6-7-13-14(8-11)18-10-17-13/h1-8H,9-10H2. The van der Waals surface area contributed by atoms with Gasteiger partial charge in [-0.25, -0.2) is 0 Å². The smallest absolute Gasteiger partial charge is 0.321 e. The summed E-state index contributed by atoms with van der Waals surface area (Å²) in [5, 5.41) is 0. The molecule has 5 heteroatoms. The Balaban J connectivity index is 1.56. The van der Waals surface area contributed by atoms with E-state index in [1.807, 2.05) is 30.3 Å². The number of rotatable bonds is 4. The van der Waals surface area contributed by atoms with Crippen LogP contribution in [0.5, 0.6) is 17.2 Å². The van der Waals surface area contributed by atoms with Crippen LogP contribution in [0.4, 0.5) is 0 Å². The van der Waals surface area contributed by atoms with Crippen LogP contribution in [-0.4, -0.2) is 18.5 Å². The van der Waals surface area contributed by atoms with Gasteiger partial charge in [-0.1, -0.05) is 18.2 Å². The molecule has 1 aliphatic rings. The second-order valence-corrected chi connectivity index (χ2v) is 5.14. The quantitative estimate of drug-likeness (QED) is 0.491. The summed E-state index contributed by atoms with van der Waals surface area (Å²) in [6.07, 6.45) is 0. The molecular formula is C15H12O4S. The molecule has 102 valence electrons. The highest BCUT2D eigenvalue weighted by molar-refractivity contribution is 8.00. The molecule has 0 saturated carbocycles. The van der Waals surface area contributed by atoms with Gasteiger partial charge in [0.15, 0.2) is 11.5 Å². The lowest BCUT2D eigenvalue weighted by Crippen LogP contribution is -2.10. The van der Waals surface area contributed by atoms with Crippen molar-refractivity contribution in [1.29, 1.82) is 0 Å². The highest BCUT2D eigenvalue weighted by Crippen LogP contribution is 2.35. The van der Waals surface area contributed by atoms with Crippen molar-refractivity contribution in [3.05, 3.63) is 48.5 Å². The Hall–Kier alpha value is -2.14. The van der Waals surface area contributed by atoms with Gasteiger partial charge in [-0.05, 0) is 24.3 Å². The summed E-state index contributed by atoms with van der Waals surface area (Å²) < 4.78 is 15.7. The zero-order valence-corrected chi connectivity index (χ0v) is 11.4. The van der Waals surface area contributed by atoms with E-state index >= 15 is 0 Å². The maximum atomic E-state index is 11.8. The monoisotopic (exact) mass is 288 g/mol. The van der Waals surface area contributed by atoms with Crippen LogP contribution in [0, 0.1) is 0 Å². The first-order valence-corrected chi connectivity index (χ1v) is 7.08. The third-order valence-corrected chi connectivity index (χ3v) is 3.66. The van der Waals surface area contributed by atoms with Gasteiger partial charge < -0.3 is 14.2 Å². The fourth-order valence-corrected chi connectivity index (χ4v) is 2.45. The van der Waals surface area contributed by atoms with Crippen LogP contribution < -0.4 is 14.2 Å². The van der Waals surface area contributed by atoms with Crippen molar-refractivity contribution in [2.24, 2.45) is 0 Å². The Morgan fingerprint density at radius 3 is 2.75 bits per heavy atom. The van der Waals surface area contributed by atoms with Gasteiger partial charge in [0.1, 0.15) is 5.75 Å². The molecule has 0 unspecified atom stereocenters. The van der Waals surface area contributed by atoms with E-state index in [1.54, 1.807) is 18.2 Å². The summed E-state index contributed by atoms with van der Waals surface area (Å²) in [6.45, 7) is 0.205. The SMILES string of the molecule is O=C(CSc1ccccc1)Oc1ccc2c(c1)OCO2. The van der Waals surface area contributed by atoms with E-state index in [2.05, 4.69) is 0 Å². The average Bonchev–Trinajstić information content (AvgIpc) is 2.94. The van der Waals surface area contributed by atoms with E-state index < -0.39 is 0 Å². The predicted octanol–water partition coefficient (Wildman–Crippen LogP) is 3.11. The molecule has 0 N–H and O–H groups in total. The van der Waals surface area contributed by atoms with Gasteiger partial charge >= 0.3 is 5.97 Å². The van der Waals surface area contributed by atoms with Crippen molar-refractivity contribution < 1.29 is 19.0 Å². The van der Waals surface area contributed by atoms with Gasteiger partial charge in [-0.3, -0.25) is 4.79 Å². The van der Waals surface area contributed by atoms with Crippen LogP contribution in [-0.2, 0) is 4.79 Å². The van der Waals surface area contributed by atoms with Crippen LogP contribution in [0.15, 0.2) is 53.4 Å². The molecule has 2 aromatic rings. The van der Waals surface area contributed by atoms with Crippen molar-refractivity contribution >= 4 is 17.7 Å². The minimum Gasteiger partial charge on any atom is -0.454 e. The summed E-state index contributed by atoms with van der Waals surface area (Å²) in [7, 11) is 0. The van der Waals surface area contributed by atoms with Gasteiger partial charge in [-0.15, -0.1) is 11.8 Å². The van der Waals surface area contributed by atoms with Gasteiger partial charge in [0.2, 0.25) is 6.79 Å². The van der Waals surface area contributed by atoms with Crippen LogP contribution in [0.25, 0.3) is 0 Å². The Morgan fingerprint density at radius 1 is 1.10 bits per heavy atom. The number of esters is 1. The van der Waals surface area contributed by atoms with E-state index in [4.69, 9.17) is 14.2 Å². The second-order valence-electron chi connectivity index (χ2n) is 4.09. The first-order chi connectivity index (χ1) is 9.81. The number of ether oxygens (including phenoxy) is 3. The zero-order valence-electron chi connectivity index (χ0n) is 10.6. The van der Waals surface area contributed by atoms with Crippen molar-refractivity contribution in [2.45, 2.75) is 4.90 Å². The molecule has 0 aromatic heterocycles. The first-order valence-electron chi connectivity index (χ1n) is 6.09. The van der Waals surface area contributed by atoms with E-state index in [0.29, 0.717) is 17.2 Å². The molecule has 3 rings (SSSR count). The van der Waals surface area contributed by atoms with E-state index in [1.165, 1.54) is 11.8 Å². The molecule has 0 aliphatic carbocycles. The zero-order chi connectivity index (χ0) is 13.8. The van der Waals surface area contributed by atoms with Crippen molar-refractivity contribution in [1.82, 2.24) is 0 Å². The molecule has 0 fully saturated rings. The largest absolute Gasteiger partial charge is 0.454 e. The molecule has 0 amide bonds. The molecule has 0 saturated heterocycles. The minimum absolute atomic E-state index is 0.205. The topological polar surface area (TPSA) is 44.8 Å². The molecule has 4 nitrogen and oxygen atoms in total. The lowest BCUT2D eigenvalue weighted by Gasteiger charge is -2.05. The number of carbonyl (C=O) groups is 1. The molecule has 2 aromatic carbocycles.